The van der Waals surface area contributed by atoms with E-state index in [1.54, 1.807) is 0 Å². The molecule has 1 aromatic carbocycles. The molecule has 0 bridgehead atoms. The number of carbonyl (C=O) groups is 1. The van der Waals surface area contributed by atoms with Crippen molar-refractivity contribution in [2.75, 3.05) is 16.4 Å². The molecule has 0 fully saturated rings. The van der Waals surface area contributed by atoms with E-state index in [2.05, 4.69) is 41.4 Å². The van der Waals surface area contributed by atoms with Crippen LogP contribution in [-0.2, 0) is 16.2 Å². The summed E-state index contributed by atoms with van der Waals surface area (Å²) in [6, 6.07) is 4.26. The molecule has 0 spiro atoms. The van der Waals surface area contributed by atoms with Crippen molar-refractivity contribution in [1.29, 1.82) is 0 Å². The smallest absolute Gasteiger partial charge is 0.239 e. The van der Waals surface area contributed by atoms with Gasteiger partial charge in [0.05, 0.1) is 5.69 Å². The molecule has 9 heteroatoms. The van der Waals surface area contributed by atoms with E-state index in [1.165, 1.54) is 18.2 Å². The van der Waals surface area contributed by atoms with E-state index in [9.17, 15) is 13.6 Å². The van der Waals surface area contributed by atoms with Crippen molar-refractivity contribution >= 4 is 60.5 Å². The maximum absolute atomic E-state index is 11.6. The minimum Gasteiger partial charge on any atom is -0.740 e. The highest BCUT2D eigenvalue weighted by Crippen LogP contribution is 2.25. The molecule has 1 amide bonds. The number of rotatable bonds is 5. The molecule has 0 heterocycles. The van der Waals surface area contributed by atoms with Crippen LogP contribution in [0.4, 0.5) is 11.4 Å². The number of benzene rings is 1. The summed E-state index contributed by atoms with van der Waals surface area (Å²) in [4.78, 5) is 11.2. The normalized spacial score (nSPS) is 13.7. The summed E-state index contributed by atoms with van der Waals surface area (Å²) in [5.74, 6) is -0.232. The Morgan fingerprint density at radius 3 is 2.78 bits per heavy atom. The minimum absolute atomic E-state index is 0.0113. The minimum atomic E-state index is -2.68. The van der Waals surface area contributed by atoms with Crippen molar-refractivity contribution in [2.24, 2.45) is 0 Å². The second-order valence-corrected chi connectivity index (χ2v) is 5.48. The van der Waals surface area contributed by atoms with Crippen molar-refractivity contribution < 1.29 is 17.7 Å². The van der Waals surface area contributed by atoms with Gasteiger partial charge in [0.15, 0.2) is 5.75 Å². The summed E-state index contributed by atoms with van der Waals surface area (Å²) < 4.78 is 25.1. The quantitative estimate of drug-likeness (QED) is 0.443. The fourth-order valence-electron chi connectivity index (χ4n) is 1.07. The molecule has 18 heavy (non-hydrogen) atoms. The first-order chi connectivity index (χ1) is 8.43. The summed E-state index contributed by atoms with van der Waals surface area (Å²) in [5, 5.41) is 3.07. The second kappa shape index (κ2) is 7.07. The van der Waals surface area contributed by atoms with Crippen LogP contribution in [0.1, 0.15) is 0 Å². The highest BCUT2D eigenvalue weighted by molar-refractivity contribution is 9.12. The van der Waals surface area contributed by atoms with Crippen molar-refractivity contribution in [3.8, 4) is 5.75 Å². The average molecular weight is 401 g/mol. The Balaban J connectivity index is 2.78. The molecule has 3 N–H and O–H groups in total. The maximum atomic E-state index is 11.6. The third kappa shape index (κ3) is 4.56. The Kier molecular flexibility index (Phi) is 6.06. The molecule has 0 aliphatic rings. The molecule has 0 aliphatic heterocycles. The highest BCUT2D eigenvalue weighted by atomic mass is 79.9. The highest BCUT2D eigenvalue weighted by Gasteiger charge is 2.13. The summed E-state index contributed by atoms with van der Waals surface area (Å²) in [6.07, 6.45) is 0. The van der Waals surface area contributed by atoms with Crippen LogP contribution in [0.2, 0.25) is 0 Å². The van der Waals surface area contributed by atoms with Crippen molar-refractivity contribution in [3.63, 3.8) is 0 Å². The van der Waals surface area contributed by atoms with E-state index in [-0.39, 0.29) is 22.2 Å². The van der Waals surface area contributed by atoms with Gasteiger partial charge in [0.2, 0.25) is 5.91 Å². The van der Waals surface area contributed by atoms with Gasteiger partial charge in [-0.15, -0.1) is 0 Å². The van der Waals surface area contributed by atoms with Crippen molar-refractivity contribution in [2.45, 2.75) is 4.83 Å². The number of nitrogens with two attached hydrogens (primary N) is 1. The summed E-state index contributed by atoms with van der Waals surface area (Å²) in [5.41, 5.74) is 6.15. The molecule has 0 aromatic heterocycles. The molecular formula is C9H9Br2N2O4S-. The lowest BCUT2D eigenvalue weighted by atomic mass is 10.2. The average Bonchev–Trinajstić information content (AvgIpc) is 2.31. The summed E-state index contributed by atoms with van der Waals surface area (Å²) in [7, 11) is 0. The maximum Gasteiger partial charge on any atom is 0.239 e. The zero-order valence-corrected chi connectivity index (χ0v) is 12.9. The molecule has 1 rings (SSSR count). The monoisotopic (exact) mass is 399 g/mol. The predicted octanol–water partition coefficient (Wildman–Crippen LogP) is 1.54. The number of alkyl halides is 2. The topological polar surface area (TPSA) is 104 Å². The molecular weight excluding hydrogens is 392 g/mol. The van der Waals surface area contributed by atoms with E-state index in [4.69, 9.17) is 5.73 Å². The Morgan fingerprint density at radius 2 is 2.28 bits per heavy atom. The Labute approximate surface area is 123 Å². The SMILES string of the molecule is Nc1cc(NC(=O)C(Br)CBr)ccc1OS(=O)[O-]. The van der Waals surface area contributed by atoms with E-state index in [1.807, 2.05) is 0 Å². The van der Waals surface area contributed by atoms with Gasteiger partial charge >= 0.3 is 0 Å². The Hall–Kier alpha value is -0.640. The lowest BCUT2D eigenvalue weighted by Gasteiger charge is -2.12. The number of hydrogen-bond donors (Lipinski definition) is 2. The number of nitrogens with one attached hydrogen (secondary N) is 1. The van der Waals surface area contributed by atoms with Gasteiger partial charge in [-0.2, -0.15) is 0 Å². The van der Waals surface area contributed by atoms with Gasteiger partial charge < -0.3 is 19.8 Å². The molecule has 2 atom stereocenters. The number of nitrogen functional groups attached to an aromatic ring is 1. The van der Waals surface area contributed by atoms with Gasteiger partial charge in [0, 0.05) is 11.0 Å². The zero-order chi connectivity index (χ0) is 13.7. The van der Waals surface area contributed by atoms with Gasteiger partial charge in [-0.05, 0) is 18.2 Å². The molecule has 100 valence electrons. The largest absolute Gasteiger partial charge is 0.740 e. The van der Waals surface area contributed by atoms with Crippen LogP contribution < -0.4 is 15.2 Å². The summed E-state index contributed by atoms with van der Waals surface area (Å²) in [6.45, 7) is 0. The van der Waals surface area contributed by atoms with Gasteiger partial charge in [-0.1, -0.05) is 31.9 Å². The first kappa shape index (κ1) is 15.4. The van der Waals surface area contributed by atoms with Gasteiger partial charge in [0.25, 0.3) is 0 Å². The molecule has 0 aliphatic carbocycles. The van der Waals surface area contributed by atoms with Crippen LogP contribution in [0, 0.1) is 0 Å². The van der Waals surface area contributed by atoms with Crippen LogP contribution in [-0.4, -0.2) is 24.8 Å². The standard InChI is InChI=1S/C9H10Br2N2O4S/c10-4-6(11)9(14)13-5-1-2-8(7(12)3-5)17-18(15)16/h1-3,6H,4,12H2,(H,13,14)(H,15,16)/p-1. The van der Waals surface area contributed by atoms with Gasteiger partial charge in [-0.25, -0.2) is 4.21 Å². The van der Waals surface area contributed by atoms with E-state index in [0.717, 1.165) is 0 Å². The lowest BCUT2D eigenvalue weighted by molar-refractivity contribution is -0.115. The fourth-order valence-corrected chi connectivity index (χ4v) is 1.77. The van der Waals surface area contributed by atoms with Crippen molar-refractivity contribution in [3.05, 3.63) is 18.2 Å². The van der Waals surface area contributed by atoms with E-state index >= 15 is 0 Å². The number of anilines is 2. The van der Waals surface area contributed by atoms with Gasteiger partial charge in [0.1, 0.15) is 16.2 Å². The van der Waals surface area contributed by atoms with Crippen LogP contribution in [0.25, 0.3) is 0 Å². The molecule has 6 nitrogen and oxygen atoms in total. The third-order valence-electron chi connectivity index (χ3n) is 1.86. The van der Waals surface area contributed by atoms with Crippen molar-refractivity contribution in [1.82, 2.24) is 0 Å². The first-order valence-corrected chi connectivity index (χ1v) is 7.65. The number of hydrogen-bond acceptors (Lipinski definition) is 5. The van der Waals surface area contributed by atoms with Crippen LogP contribution >= 0.6 is 31.9 Å². The Bertz CT molecular complexity index is 472. The fraction of sp³-hybridized carbons (Fsp3) is 0.222. The number of amides is 1. The first-order valence-electron chi connectivity index (χ1n) is 4.62. The number of halogens is 2. The summed E-state index contributed by atoms with van der Waals surface area (Å²) >= 11 is 3.65. The second-order valence-electron chi connectivity index (χ2n) is 3.15. The zero-order valence-electron chi connectivity index (χ0n) is 8.89. The number of carbonyl (C=O) groups excluding carboxylic acids is 1. The van der Waals surface area contributed by atoms with E-state index in [0.29, 0.717) is 11.0 Å². The predicted molar refractivity (Wildman–Crippen MR) is 75.5 cm³/mol. The Morgan fingerprint density at radius 1 is 1.61 bits per heavy atom. The molecule has 1 aromatic rings. The third-order valence-corrected chi connectivity index (χ3v) is 4.43. The van der Waals surface area contributed by atoms with E-state index < -0.39 is 11.4 Å². The molecule has 2 unspecified atom stereocenters. The molecule has 0 saturated carbocycles. The molecule has 0 radical (unpaired) electrons. The van der Waals surface area contributed by atoms with Crippen LogP contribution in [0.5, 0.6) is 5.75 Å². The molecule has 0 saturated heterocycles. The lowest BCUT2D eigenvalue weighted by Crippen LogP contribution is -2.23. The van der Waals surface area contributed by atoms with Gasteiger partial charge in [-0.3, -0.25) is 4.79 Å². The van der Waals surface area contributed by atoms with Crippen LogP contribution in [0.15, 0.2) is 18.2 Å². The van der Waals surface area contributed by atoms with Crippen LogP contribution in [0.3, 0.4) is 0 Å².